The molecule has 1 aromatic carbocycles. The van der Waals surface area contributed by atoms with E-state index >= 15 is 0 Å². The highest BCUT2D eigenvalue weighted by molar-refractivity contribution is 6.20. The van der Waals surface area contributed by atoms with Crippen molar-refractivity contribution in [1.29, 1.82) is 0 Å². The van der Waals surface area contributed by atoms with Crippen LogP contribution in [-0.4, -0.2) is 10.2 Å². The molecule has 0 radical (unpaired) electrons. The fraction of sp³-hybridized carbons (Fsp3) is 0.273. The van der Waals surface area contributed by atoms with E-state index in [4.69, 9.17) is 20.8 Å². The molecule has 2 rings (SSSR count). The third-order valence-electron chi connectivity index (χ3n) is 1.93. The Morgan fingerprint density at radius 1 is 1.31 bits per heavy atom. The molecule has 0 aliphatic carbocycles. The maximum absolute atomic E-state index is 5.80. The second kappa shape index (κ2) is 4.99. The number of alkyl halides is 1. The molecule has 0 amide bonds. The van der Waals surface area contributed by atoms with E-state index in [0.29, 0.717) is 11.8 Å². The number of benzene rings is 1. The van der Waals surface area contributed by atoms with E-state index in [1.54, 1.807) is 6.92 Å². The predicted molar refractivity (Wildman–Crippen MR) is 59.3 cm³/mol. The lowest BCUT2D eigenvalue weighted by molar-refractivity contribution is 0.259. The molecule has 4 nitrogen and oxygen atoms in total. The Hall–Kier alpha value is -1.55. The van der Waals surface area contributed by atoms with Gasteiger partial charge in [-0.1, -0.05) is 18.2 Å². The molecule has 5 heteroatoms. The van der Waals surface area contributed by atoms with Crippen molar-refractivity contribution in [1.82, 2.24) is 10.2 Å². The fourth-order valence-electron chi connectivity index (χ4n) is 1.15. The smallest absolute Gasteiger partial charge is 0.253 e. The molecule has 0 fully saturated rings. The molecule has 1 unspecified atom stereocenters. The Balaban J connectivity index is 1.95. The van der Waals surface area contributed by atoms with E-state index in [1.165, 1.54) is 0 Å². The SMILES string of the molecule is CC(Cl)c1nnc(COc2ccccc2)o1. The van der Waals surface area contributed by atoms with Crippen molar-refractivity contribution in [2.75, 3.05) is 0 Å². The first-order valence-corrected chi connectivity index (χ1v) is 5.33. The van der Waals surface area contributed by atoms with E-state index < -0.39 is 0 Å². The van der Waals surface area contributed by atoms with Gasteiger partial charge >= 0.3 is 0 Å². The third kappa shape index (κ3) is 2.73. The minimum Gasteiger partial charge on any atom is -0.484 e. The van der Waals surface area contributed by atoms with Crippen LogP contribution < -0.4 is 4.74 Å². The van der Waals surface area contributed by atoms with E-state index in [1.807, 2.05) is 30.3 Å². The van der Waals surface area contributed by atoms with Crippen LogP contribution in [-0.2, 0) is 6.61 Å². The molecule has 0 saturated heterocycles. The predicted octanol–water partition coefficient (Wildman–Crippen LogP) is 2.95. The molecule has 2 aromatic rings. The number of ether oxygens (including phenoxy) is 1. The lowest BCUT2D eigenvalue weighted by Gasteiger charge is -2.01. The molecule has 0 N–H and O–H groups in total. The molecule has 16 heavy (non-hydrogen) atoms. The zero-order valence-electron chi connectivity index (χ0n) is 8.76. The van der Waals surface area contributed by atoms with Crippen LogP contribution in [0.15, 0.2) is 34.7 Å². The van der Waals surface area contributed by atoms with Gasteiger partial charge < -0.3 is 9.15 Å². The summed E-state index contributed by atoms with van der Waals surface area (Å²) in [5.74, 6) is 1.60. The van der Waals surface area contributed by atoms with Gasteiger partial charge in [0.05, 0.1) is 0 Å². The Morgan fingerprint density at radius 2 is 2.06 bits per heavy atom. The maximum Gasteiger partial charge on any atom is 0.253 e. The third-order valence-corrected chi connectivity index (χ3v) is 2.11. The minimum absolute atomic E-state index is 0.251. The summed E-state index contributed by atoms with van der Waals surface area (Å²) < 4.78 is 10.7. The summed E-state index contributed by atoms with van der Waals surface area (Å²) in [4.78, 5) is 0. The Bertz CT molecular complexity index is 442. The monoisotopic (exact) mass is 238 g/mol. The first-order chi connectivity index (χ1) is 7.75. The van der Waals surface area contributed by atoms with Crippen LogP contribution >= 0.6 is 11.6 Å². The highest BCUT2D eigenvalue weighted by atomic mass is 35.5. The average Bonchev–Trinajstić information content (AvgIpc) is 2.76. The van der Waals surface area contributed by atoms with E-state index in [-0.39, 0.29) is 12.0 Å². The molecular weight excluding hydrogens is 228 g/mol. The van der Waals surface area contributed by atoms with Crippen LogP contribution in [0.25, 0.3) is 0 Å². The van der Waals surface area contributed by atoms with Crippen LogP contribution in [0.3, 0.4) is 0 Å². The van der Waals surface area contributed by atoms with Crippen LogP contribution in [0.1, 0.15) is 24.1 Å². The van der Waals surface area contributed by atoms with Gasteiger partial charge in [-0.05, 0) is 19.1 Å². The molecule has 1 heterocycles. The highest BCUT2D eigenvalue weighted by Gasteiger charge is 2.11. The lowest BCUT2D eigenvalue weighted by atomic mass is 10.3. The van der Waals surface area contributed by atoms with E-state index in [2.05, 4.69) is 10.2 Å². The molecule has 0 bridgehead atoms. The van der Waals surface area contributed by atoms with E-state index in [9.17, 15) is 0 Å². The normalized spacial score (nSPS) is 12.4. The van der Waals surface area contributed by atoms with Crippen molar-refractivity contribution < 1.29 is 9.15 Å². The average molecular weight is 239 g/mol. The number of hydrogen-bond acceptors (Lipinski definition) is 4. The maximum atomic E-state index is 5.80. The minimum atomic E-state index is -0.280. The number of aromatic nitrogens is 2. The molecule has 0 aliphatic heterocycles. The first kappa shape index (κ1) is 11.0. The zero-order chi connectivity index (χ0) is 11.4. The fourth-order valence-corrected chi connectivity index (χ4v) is 1.24. The van der Waals surface area contributed by atoms with Crippen molar-refractivity contribution >= 4 is 11.6 Å². The van der Waals surface area contributed by atoms with Gasteiger partial charge in [0.1, 0.15) is 11.1 Å². The largest absolute Gasteiger partial charge is 0.484 e. The van der Waals surface area contributed by atoms with Crippen molar-refractivity contribution in [2.45, 2.75) is 18.9 Å². The summed E-state index contributed by atoms with van der Waals surface area (Å²) in [5, 5.41) is 7.35. The van der Waals surface area contributed by atoms with Gasteiger partial charge in [0.15, 0.2) is 6.61 Å². The van der Waals surface area contributed by atoms with E-state index in [0.717, 1.165) is 5.75 Å². The van der Waals surface area contributed by atoms with Crippen LogP contribution in [0, 0.1) is 0 Å². The van der Waals surface area contributed by atoms with Gasteiger partial charge in [-0.25, -0.2) is 0 Å². The van der Waals surface area contributed by atoms with Gasteiger partial charge in [0, 0.05) is 0 Å². The quantitative estimate of drug-likeness (QED) is 0.769. The van der Waals surface area contributed by atoms with Gasteiger partial charge in [0.25, 0.3) is 5.89 Å². The Kier molecular flexibility index (Phi) is 3.41. The Morgan fingerprint density at radius 3 is 2.69 bits per heavy atom. The second-order valence-electron chi connectivity index (χ2n) is 3.25. The summed E-state index contributed by atoms with van der Waals surface area (Å²) in [5.41, 5.74) is 0. The van der Waals surface area contributed by atoms with Crippen molar-refractivity contribution in [3.05, 3.63) is 42.1 Å². The molecular formula is C11H11ClN2O2. The lowest BCUT2D eigenvalue weighted by Crippen LogP contribution is -1.95. The summed E-state index contributed by atoms with van der Waals surface area (Å²) in [6.45, 7) is 2.03. The molecule has 0 aliphatic rings. The Labute approximate surface area is 98.2 Å². The topological polar surface area (TPSA) is 48.2 Å². The number of halogens is 1. The number of rotatable bonds is 4. The second-order valence-corrected chi connectivity index (χ2v) is 3.91. The number of para-hydroxylation sites is 1. The van der Waals surface area contributed by atoms with Crippen molar-refractivity contribution in [2.24, 2.45) is 0 Å². The molecule has 0 spiro atoms. The number of hydrogen-bond donors (Lipinski definition) is 0. The van der Waals surface area contributed by atoms with Crippen LogP contribution in [0.2, 0.25) is 0 Å². The zero-order valence-corrected chi connectivity index (χ0v) is 9.52. The molecule has 1 aromatic heterocycles. The molecule has 1 atom stereocenters. The summed E-state index contributed by atoms with van der Waals surface area (Å²) >= 11 is 5.80. The van der Waals surface area contributed by atoms with Gasteiger partial charge in [0.2, 0.25) is 5.89 Å². The first-order valence-electron chi connectivity index (χ1n) is 4.90. The summed E-state index contributed by atoms with van der Waals surface area (Å²) in [7, 11) is 0. The number of nitrogens with zero attached hydrogens (tertiary/aromatic N) is 2. The van der Waals surface area contributed by atoms with Crippen LogP contribution in [0.4, 0.5) is 0 Å². The van der Waals surface area contributed by atoms with Gasteiger partial charge in [-0.2, -0.15) is 0 Å². The van der Waals surface area contributed by atoms with Crippen LogP contribution in [0.5, 0.6) is 5.75 Å². The van der Waals surface area contributed by atoms with Gasteiger partial charge in [-0.15, -0.1) is 21.8 Å². The standard InChI is InChI=1S/C11H11ClN2O2/c1-8(12)11-14-13-10(16-11)7-15-9-5-3-2-4-6-9/h2-6,8H,7H2,1H3. The van der Waals surface area contributed by atoms with Gasteiger partial charge in [-0.3, -0.25) is 0 Å². The highest BCUT2D eigenvalue weighted by Crippen LogP contribution is 2.18. The summed E-state index contributed by atoms with van der Waals surface area (Å²) in [6, 6.07) is 9.45. The van der Waals surface area contributed by atoms with Crippen molar-refractivity contribution in [3.63, 3.8) is 0 Å². The summed E-state index contributed by atoms with van der Waals surface area (Å²) in [6.07, 6.45) is 0. The van der Waals surface area contributed by atoms with Crippen molar-refractivity contribution in [3.8, 4) is 5.75 Å². The molecule has 0 saturated carbocycles. The molecule has 84 valence electrons.